The minimum atomic E-state index is -4.13. The Balaban J connectivity index is 2.06. The number of amides is 2. The van der Waals surface area contributed by atoms with Crippen molar-refractivity contribution in [1.82, 2.24) is 10.2 Å². The number of aryl methyl sites for hydroxylation is 1. The van der Waals surface area contributed by atoms with Crippen LogP contribution in [0.15, 0.2) is 76.1 Å². The van der Waals surface area contributed by atoms with Crippen LogP contribution >= 0.6 is 39.1 Å². The van der Waals surface area contributed by atoms with Crippen molar-refractivity contribution in [3.63, 3.8) is 0 Å². The Hall–Kier alpha value is -2.59. The van der Waals surface area contributed by atoms with Crippen LogP contribution in [0, 0.1) is 6.92 Å². The zero-order chi connectivity index (χ0) is 28.7. The van der Waals surface area contributed by atoms with Crippen molar-refractivity contribution < 1.29 is 18.0 Å². The third kappa shape index (κ3) is 7.75. The zero-order valence-electron chi connectivity index (χ0n) is 21.8. The van der Waals surface area contributed by atoms with Crippen LogP contribution in [0.3, 0.4) is 0 Å². The molecule has 0 saturated carbocycles. The molecule has 11 heteroatoms. The summed E-state index contributed by atoms with van der Waals surface area (Å²) >= 11 is 15.7. The van der Waals surface area contributed by atoms with Crippen LogP contribution in [0.1, 0.15) is 31.4 Å². The summed E-state index contributed by atoms with van der Waals surface area (Å²) in [5, 5.41) is 3.45. The van der Waals surface area contributed by atoms with Gasteiger partial charge in [-0.05, 0) is 74.4 Å². The highest BCUT2D eigenvalue weighted by Crippen LogP contribution is 2.27. The highest BCUT2D eigenvalue weighted by molar-refractivity contribution is 9.10. The predicted octanol–water partition coefficient (Wildman–Crippen LogP) is 6.20. The molecule has 0 bridgehead atoms. The first-order valence-electron chi connectivity index (χ1n) is 12.3. The number of benzene rings is 3. The van der Waals surface area contributed by atoms with E-state index in [1.165, 1.54) is 17.0 Å². The van der Waals surface area contributed by atoms with E-state index in [9.17, 15) is 18.0 Å². The van der Waals surface area contributed by atoms with Gasteiger partial charge in [-0.1, -0.05) is 69.8 Å². The summed E-state index contributed by atoms with van der Waals surface area (Å²) in [6, 6.07) is 17.2. The lowest BCUT2D eigenvalue weighted by Crippen LogP contribution is -2.52. The molecule has 0 aliphatic heterocycles. The van der Waals surface area contributed by atoms with Crippen LogP contribution in [0.4, 0.5) is 5.69 Å². The van der Waals surface area contributed by atoms with Crippen LogP contribution in [0.25, 0.3) is 0 Å². The normalized spacial score (nSPS) is 12.1. The maximum absolute atomic E-state index is 14.0. The molecule has 2 amide bonds. The minimum absolute atomic E-state index is 0.0319. The summed E-state index contributed by atoms with van der Waals surface area (Å²) in [7, 11) is -4.13. The molecule has 39 heavy (non-hydrogen) atoms. The van der Waals surface area contributed by atoms with E-state index in [2.05, 4.69) is 21.2 Å². The van der Waals surface area contributed by atoms with E-state index in [0.717, 1.165) is 14.3 Å². The summed E-state index contributed by atoms with van der Waals surface area (Å²) in [6.07, 6.45) is 0.321. The molecule has 208 valence electrons. The van der Waals surface area contributed by atoms with Gasteiger partial charge < -0.3 is 10.2 Å². The lowest BCUT2D eigenvalue weighted by molar-refractivity contribution is -0.140. The summed E-state index contributed by atoms with van der Waals surface area (Å²) < 4.78 is 29.5. The largest absolute Gasteiger partial charge is 0.355 e. The smallest absolute Gasteiger partial charge is 0.264 e. The Bertz CT molecular complexity index is 1420. The van der Waals surface area contributed by atoms with Crippen molar-refractivity contribution in [2.45, 2.75) is 44.7 Å². The van der Waals surface area contributed by atoms with Gasteiger partial charge in [0.1, 0.15) is 12.6 Å². The van der Waals surface area contributed by atoms with E-state index in [1.807, 2.05) is 6.92 Å². The summed E-state index contributed by atoms with van der Waals surface area (Å²) in [4.78, 5) is 28.4. The third-order valence-corrected chi connectivity index (χ3v) is 9.13. The lowest BCUT2D eigenvalue weighted by atomic mass is 10.1. The molecule has 0 radical (unpaired) electrons. The second-order valence-corrected chi connectivity index (χ2v) is 12.5. The number of likely N-dealkylation sites (N-methyl/N-ethyl adjacent to an activating group) is 1. The van der Waals surface area contributed by atoms with Crippen LogP contribution in [0.2, 0.25) is 10.0 Å². The van der Waals surface area contributed by atoms with Crippen LogP contribution in [-0.2, 0) is 26.2 Å². The Kier molecular flexibility index (Phi) is 10.8. The van der Waals surface area contributed by atoms with E-state index in [4.69, 9.17) is 23.2 Å². The SMILES string of the molecule is CCNC(=O)[C@@H](CC)N(Cc1ccc(Cl)c(Cl)c1)C(=O)CN(c1ccc(Br)cc1)S(=O)(=O)c1ccc(C)cc1. The molecule has 1 N–H and O–H groups in total. The molecule has 0 spiro atoms. The maximum atomic E-state index is 14.0. The first-order valence-corrected chi connectivity index (χ1v) is 15.3. The molecule has 0 unspecified atom stereocenters. The molecule has 0 aliphatic rings. The molecule has 3 aromatic rings. The molecule has 0 aliphatic carbocycles. The molecule has 0 fully saturated rings. The molecule has 3 aromatic carbocycles. The van der Waals surface area contributed by atoms with Crippen LogP contribution in [0.5, 0.6) is 0 Å². The fourth-order valence-electron chi connectivity index (χ4n) is 4.02. The zero-order valence-corrected chi connectivity index (χ0v) is 25.7. The van der Waals surface area contributed by atoms with Crippen LogP contribution in [-0.4, -0.2) is 44.3 Å². The average molecular weight is 655 g/mol. The number of nitrogens with zero attached hydrogens (tertiary/aromatic N) is 2. The number of carbonyl (C=O) groups excluding carboxylic acids is 2. The van der Waals surface area contributed by atoms with Gasteiger partial charge in [0, 0.05) is 17.6 Å². The number of hydrogen-bond donors (Lipinski definition) is 1. The average Bonchev–Trinajstić information content (AvgIpc) is 2.90. The molecular formula is C28H30BrCl2N3O4S. The van der Waals surface area contributed by atoms with Gasteiger partial charge in [0.05, 0.1) is 20.6 Å². The van der Waals surface area contributed by atoms with Crippen LogP contribution < -0.4 is 9.62 Å². The molecule has 1 atom stereocenters. The monoisotopic (exact) mass is 653 g/mol. The van der Waals surface area contributed by atoms with E-state index >= 15 is 0 Å². The van der Waals surface area contributed by atoms with Crippen molar-refractivity contribution >= 4 is 66.7 Å². The Morgan fingerprint density at radius 3 is 2.15 bits per heavy atom. The van der Waals surface area contributed by atoms with Gasteiger partial charge >= 0.3 is 0 Å². The first kappa shape index (κ1) is 30.9. The highest BCUT2D eigenvalue weighted by atomic mass is 79.9. The molecule has 0 heterocycles. The number of carbonyl (C=O) groups is 2. The number of nitrogens with one attached hydrogen (secondary N) is 1. The van der Waals surface area contributed by atoms with Crippen molar-refractivity contribution in [3.05, 3.63) is 92.4 Å². The number of anilines is 1. The van der Waals surface area contributed by atoms with E-state index in [0.29, 0.717) is 34.3 Å². The van der Waals surface area contributed by atoms with Crippen molar-refractivity contribution in [2.75, 3.05) is 17.4 Å². The molecule has 0 aromatic heterocycles. The van der Waals surface area contributed by atoms with E-state index in [1.54, 1.807) is 68.4 Å². The van der Waals surface area contributed by atoms with Gasteiger partial charge in [-0.15, -0.1) is 0 Å². The number of hydrogen-bond acceptors (Lipinski definition) is 4. The maximum Gasteiger partial charge on any atom is 0.264 e. The van der Waals surface area contributed by atoms with E-state index < -0.39 is 28.5 Å². The van der Waals surface area contributed by atoms with Gasteiger partial charge in [-0.2, -0.15) is 0 Å². The van der Waals surface area contributed by atoms with Gasteiger partial charge in [0.25, 0.3) is 10.0 Å². The number of sulfonamides is 1. The second kappa shape index (κ2) is 13.7. The van der Waals surface area contributed by atoms with E-state index in [-0.39, 0.29) is 17.3 Å². The molecule has 0 saturated heterocycles. The second-order valence-electron chi connectivity index (χ2n) is 8.89. The highest BCUT2D eigenvalue weighted by Gasteiger charge is 2.33. The van der Waals surface area contributed by atoms with Gasteiger partial charge in [0.15, 0.2) is 0 Å². The number of halogens is 3. The van der Waals surface area contributed by atoms with Crippen molar-refractivity contribution in [1.29, 1.82) is 0 Å². The van der Waals surface area contributed by atoms with Crippen molar-refractivity contribution in [2.24, 2.45) is 0 Å². The Morgan fingerprint density at radius 2 is 1.59 bits per heavy atom. The summed E-state index contributed by atoms with van der Waals surface area (Å²) in [5.41, 5.74) is 1.87. The minimum Gasteiger partial charge on any atom is -0.355 e. The Labute approximate surface area is 248 Å². The fourth-order valence-corrected chi connectivity index (χ4v) is 6.02. The third-order valence-electron chi connectivity index (χ3n) is 6.08. The van der Waals surface area contributed by atoms with Crippen molar-refractivity contribution in [3.8, 4) is 0 Å². The summed E-state index contributed by atoms with van der Waals surface area (Å²) in [6.45, 7) is 5.35. The molecule has 3 rings (SSSR count). The standard InChI is InChI=1S/C28H30BrCl2N3O4S/c1-4-26(28(36)32-5-2)33(17-20-8-15-24(30)25(31)16-20)27(35)18-34(22-11-9-21(29)10-12-22)39(37,38)23-13-6-19(3)7-14-23/h6-16,26H,4-5,17-18H2,1-3H3,(H,32,36)/t26-/m1/s1. The lowest BCUT2D eigenvalue weighted by Gasteiger charge is -2.33. The first-order chi connectivity index (χ1) is 18.5. The topological polar surface area (TPSA) is 86.8 Å². The molecule has 7 nitrogen and oxygen atoms in total. The number of rotatable bonds is 11. The summed E-state index contributed by atoms with van der Waals surface area (Å²) in [5.74, 6) is -0.872. The van der Waals surface area contributed by atoms with Gasteiger partial charge in [-0.25, -0.2) is 8.42 Å². The Morgan fingerprint density at radius 1 is 0.949 bits per heavy atom. The van der Waals surface area contributed by atoms with Gasteiger partial charge in [0.2, 0.25) is 11.8 Å². The molecular weight excluding hydrogens is 625 g/mol. The predicted molar refractivity (Wildman–Crippen MR) is 160 cm³/mol. The fraction of sp³-hybridized carbons (Fsp3) is 0.286. The van der Waals surface area contributed by atoms with Gasteiger partial charge in [-0.3, -0.25) is 13.9 Å². The quantitative estimate of drug-likeness (QED) is 0.267.